The maximum Gasteiger partial charge on any atom is 0.241 e. The van der Waals surface area contributed by atoms with Crippen LogP contribution in [0.15, 0.2) is 32.9 Å². The minimum Gasteiger partial charge on any atom is -0.245 e. The smallest absolute Gasteiger partial charge is 0.241 e. The van der Waals surface area contributed by atoms with E-state index in [0.29, 0.717) is 9.50 Å². The van der Waals surface area contributed by atoms with Gasteiger partial charge in [0.2, 0.25) is 10.0 Å². The Labute approximate surface area is 135 Å². The highest BCUT2D eigenvalue weighted by molar-refractivity contribution is 9.10. The largest absolute Gasteiger partial charge is 0.245 e. The summed E-state index contributed by atoms with van der Waals surface area (Å²) in [5.41, 5.74) is 0.880. The zero-order valence-electron chi connectivity index (χ0n) is 10.7. The Morgan fingerprint density at radius 2 is 2.15 bits per heavy atom. The first-order chi connectivity index (χ1) is 9.29. The fraction of sp³-hybridized carbons (Fsp3) is 0.250. The molecule has 0 saturated carbocycles. The monoisotopic (exact) mass is 394 g/mol. The van der Waals surface area contributed by atoms with Crippen molar-refractivity contribution >= 4 is 48.9 Å². The summed E-state index contributed by atoms with van der Waals surface area (Å²) >= 11 is 10.5. The molecule has 0 saturated heterocycles. The first-order valence-electron chi connectivity index (χ1n) is 5.69. The highest BCUT2D eigenvalue weighted by Gasteiger charge is 2.20. The van der Waals surface area contributed by atoms with Crippen molar-refractivity contribution in [2.75, 3.05) is 0 Å². The lowest BCUT2D eigenvalue weighted by Gasteiger charge is -2.12. The van der Waals surface area contributed by atoms with Gasteiger partial charge in [0.1, 0.15) is 5.01 Å². The van der Waals surface area contributed by atoms with Crippen LogP contribution in [0.5, 0.6) is 0 Å². The molecule has 8 heteroatoms. The third-order valence-corrected chi connectivity index (χ3v) is 6.44. The van der Waals surface area contributed by atoms with Gasteiger partial charge in [-0.05, 0) is 48.0 Å². The molecule has 20 heavy (non-hydrogen) atoms. The zero-order chi connectivity index (χ0) is 14.9. The molecule has 1 unspecified atom stereocenters. The van der Waals surface area contributed by atoms with Crippen LogP contribution < -0.4 is 4.72 Å². The summed E-state index contributed by atoms with van der Waals surface area (Å²) in [6, 6.07) is 4.10. The third-order valence-electron chi connectivity index (χ3n) is 2.54. The number of aryl methyl sites for hydroxylation is 1. The van der Waals surface area contributed by atoms with E-state index in [-0.39, 0.29) is 10.9 Å². The molecule has 0 aliphatic carbocycles. The summed E-state index contributed by atoms with van der Waals surface area (Å²) in [4.78, 5) is 4.44. The Balaban J connectivity index is 2.24. The molecule has 1 aromatic carbocycles. The number of aromatic nitrogens is 1. The highest BCUT2D eigenvalue weighted by atomic mass is 79.9. The number of nitrogens with zero attached hydrogens (tertiary/aromatic N) is 1. The van der Waals surface area contributed by atoms with Crippen LogP contribution in [0.2, 0.25) is 5.02 Å². The van der Waals surface area contributed by atoms with Crippen molar-refractivity contribution in [1.29, 1.82) is 0 Å². The number of thiazole rings is 1. The second-order valence-corrected chi connectivity index (χ2v) is 8.11. The molecule has 108 valence electrons. The summed E-state index contributed by atoms with van der Waals surface area (Å²) in [7, 11) is -3.61. The normalized spacial score (nSPS) is 13.4. The van der Waals surface area contributed by atoms with Gasteiger partial charge in [-0.2, -0.15) is 0 Å². The number of benzene rings is 1. The lowest BCUT2D eigenvalue weighted by molar-refractivity contribution is 0.566. The first-order valence-corrected chi connectivity index (χ1v) is 9.22. The van der Waals surface area contributed by atoms with Gasteiger partial charge in [0.05, 0.1) is 16.0 Å². The van der Waals surface area contributed by atoms with Crippen LogP contribution >= 0.6 is 38.9 Å². The molecule has 0 spiro atoms. The minimum absolute atomic E-state index is 0.161. The Hall–Kier alpha value is -0.470. The van der Waals surface area contributed by atoms with Crippen molar-refractivity contribution in [3.63, 3.8) is 0 Å². The topological polar surface area (TPSA) is 59.1 Å². The molecule has 2 rings (SSSR count). The molecule has 0 fully saturated rings. The van der Waals surface area contributed by atoms with Crippen LogP contribution in [-0.2, 0) is 10.0 Å². The van der Waals surface area contributed by atoms with Gasteiger partial charge in [0.25, 0.3) is 0 Å². The second kappa shape index (κ2) is 6.11. The van der Waals surface area contributed by atoms with E-state index in [1.807, 2.05) is 12.3 Å². The summed E-state index contributed by atoms with van der Waals surface area (Å²) in [5, 5.41) is 3.09. The fourth-order valence-electron chi connectivity index (χ4n) is 1.57. The zero-order valence-corrected chi connectivity index (χ0v) is 14.7. The van der Waals surface area contributed by atoms with E-state index in [4.69, 9.17) is 11.6 Å². The first kappa shape index (κ1) is 15.9. The van der Waals surface area contributed by atoms with Gasteiger partial charge in [-0.15, -0.1) is 11.3 Å². The quantitative estimate of drug-likeness (QED) is 0.854. The molecular formula is C12H12BrClN2O2S2. The number of hydrogen-bond donors (Lipinski definition) is 1. The van der Waals surface area contributed by atoms with Crippen LogP contribution in [0, 0.1) is 6.92 Å². The number of halogens is 2. The van der Waals surface area contributed by atoms with Gasteiger partial charge in [0.15, 0.2) is 0 Å². The SMILES string of the molecule is Cc1csc(C(C)NS(=O)(=O)c2ccc(Cl)c(Br)c2)n1. The summed E-state index contributed by atoms with van der Waals surface area (Å²) < 4.78 is 27.7. The van der Waals surface area contributed by atoms with Crippen molar-refractivity contribution in [1.82, 2.24) is 9.71 Å². The lowest BCUT2D eigenvalue weighted by Crippen LogP contribution is -2.26. The average molecular weight is 396 g/mol. The molecule has 0 radical (unpaired) electrons. The average Bonchev–Trinajstić information content (AvgIpc) is 2.79. The Morgan fingerprint density at radius 3 is 2.70 bits per heavy atom. The van der Waals surface area contributed by atoms with Crippen LogP contribution in [0.4, 0.5) is 0 Å². The molecule has 1 atom stereocenters. The number of nitrogens with one attached hydrogen (secondary N) is 1. The number of rotatable bonds is 4. The Kier molecular flexibility index (Phi) is 4.86. The van der Waals surface area contributed by atoms with Gasteiger partial charge in [0, 0.05) is 15.5 Å². The van der Waals surface area contributed by atoms with Crippen LogP contribution in [0.1, 0.15) is 23.7 Å². The van der Waals surface area contributed by atoms with E-state index in [1.54, 1.807) is 13.0 Å². The van der Waals surface area contributed by atoms with Crippen molar-refractivity contribution < 1.29 is 8.42 Å². The van der Waals surface area contributed by atoms with Crippen molar-refractivity contribution in [3.05, 3.63) is 43.8 Å². The minimum atomic E-state index is -3.61. The molecule has 4 nitrogen and oxygen atoms in total. The summed E-state index contributed by atoms with van der Waals surface area (Å²) in [5.74, 6) is 0. The molecule has 1 aromatic heterocycles. The van der Waals surface area contributed by atoms with Gasteiger partial charge in [-0.1, -0.05) is 11.6 Å². The molecule has 0 aliphatic rings. The Bertz CT molecular complexity index is 731. The maximum absolute atomic E-state index is 12.3. The van der Waals surface area contributed by atoms with E-state index in [9.17, 15) is 8.42 Å². The molecule has 1 N–H and O–H groups in total. The number of hydrogen-bond acceptors (Lipinski definition) is 4. The molecule has 0 amide bonds. The van der Waals surface area contributed by atoms with Gasteiger partial charge in [-0.3, -0.25) is 0 Å². The third kappa shape index (κ3) is 3.59. The predicted molar refractivity (Wildman–Crippen MR) is 84.7 cm³/mol. The standard InChI is InChI=1S/C12H12BrClN2O2S2/c1-7-6-19-12(15-7)8(2)16-20(17,18)9-3-4-11(14)10(13)5-9/h3-6,8,16H,1-2H3. The van der Waals surface area contributed by atoms with Gasteiger partial charge in [-0.25, -0.2) is 18.1 Å². The van der Waals surface area contributed by atoms with E-state index in [2.05, 4.69) is 25.6 Å². The van der Waals surface area contributed by atoms with Crippen molar-refractivity contribution in [2.24, 2.45) is 0 Å². The van der Waals surface area contributed by atoms with Crippen LogP contribution in [0.3, 0.4) is 0 Å². The summed E-state index contributed by atoms with van der Waals surface area (Å²) in [6.07, 6.45) is 0. The van der Waals surface area contributed by atoms with Crippen LogP contribution in [0.25, 0.3) is 0 Å². The molecule has 2 aromatic rings. The van der Waals surface area contributed by atoms with E-state index >= 15 is 0 Å². The van der Waals surface area contributed by atoms with E-state index in [1.165, 1.54) is 23.5 Å². The summed E-state index contributed by atoms with van der Waals surface area (Å²) in [6.45, 7) is 3.64. The molecular weight excluding hydrogens is 384 g/mol. The molecule has 1 heterocycles. The number of sulfonamides is 1. The second-order valence-electron chi connectivity index (χ2n) is 4.25. The lowest BCUT2D eigenvalue weighted by atomic mass is 10.4. The molecule has 0 aliphatic heterocycles. The maximum atomic E-state index is 12.3. The van der Waals surface area contributed by atoms with E-state index < -0.39 is 10.0 Å². The fourth-order valence-corrected chi connectivity index (χ4v) is 4.33. The van der Waals surface area contributed by atoms with Crippen molar-refractivity contribution in [3.8, 4) is 0 Å². The van der Waals surface area contributed by atoms with Gasteiger partial charge < -0.3 is 0 Å². The van der Waals surface area contributed by atoms with Crippen molar-refractivity contribution in [2.45, 2.75) is 24.8 Å². The van der Waals surface area contributed by atoms with Crippen LogP contribution in [-0.4, -0.2) is 13.4 Å². The predicted octanol–water partition coefficient (Wildman–Crippen LogP) is 3.91. The highest BCUT2D eigenvalue weighted by Crippen LogP contribution is 2.26. The Morgan fingerprint density at radius 1 is 1.45 bits per heavy atom. The van der Waals surface area contributed by atoms with E-state index in [0.717, 1.165) is 10.7 Å². The van der Waals surface area contributed by atoms with Gasteiger partial charge >= 0.3 is 0 Å². The molecule has 0 bridgehead atoms.